The van der Waals surface area contributed by atoms with E-state index in [1.807, 2.05) is 0 Å². The van der Waals surface area contributed by atoms with Crippen LogP contribution in [0.2, 0.25) is 0 Å². The molecular weight excluding hydrogens is 208 g/mol. The Morgan fingerprint density at radius 3 is 2.41 bits per heavy atom. The number of hydrogen-bond donors (Lipinski definition) is 1. The quantitative estimate of drug-likeness (QED) is 0.772. The van der Waals surface area contributed by atoms with Crippen LogP contribution in [-0.2, 0) is 0 Å². The van der Waals surface area contributed by atoms with Crippen LogP contribution >= 0.6 is 0 Å². The highest BCUT2D eigenvalue weighted by Gasteiger charge is 2.39. The fourth-order valence-corrected chi connectivity index (χ4v) is 3.12. The van der Waals surface area contributed by atoms with E-state index in [0.717, 1.165) is 24.4 Å². The number of hydrogen-bond acceptors (Lipinski definition) is 2. The van der Waals surface area contributed by atoms with Crippen molar-refractivity contribution >= 4 is 0 Å². The molecule has 0 amide bonds. The topological polar surface area (TPSA) is 29.3 Å². The van der Waals surface area contributed by atoms with Crippen molar-refractivity contribution in [3.05, 3.63) is 0 Å². The highest BCUT2D eigenvalue weighted by atomic mass is 15.2. The smallest absolute Gasteiger partial charge is 0.0306 e. The van der Waals surface area contributed by atoms with Crippen LogP contribution in [0.5, 0.6) is 0 Å². The molecule has 0 spiro atoms. The molecule has 2 atom stereocenters. The molecule has 1 heterocycles. The van der Waals surface area contributed by atoms with Crippen molar-refractivity contribution < 1.29 is 0 Å². The summed E-state index contributed by atoms with van der Waals surface area (Å²) in [6.07, 6.45) is 5.23. The van der Waals surface area contributed by atoms with E-state index in [9.17, 15) is 0 Å². The Morgan fingerprint density at radius 1 is 1.29 bits per heavy atom. The van der Waals surface area contributed by atoms with E-state index in [2.05, 4.69) is 39.5 Å². The molecule has 0 aliphatic carbocycles. The summed E-state index contributed by atoms with van der Waals surface area (Å²) < 4.78 is 0. The monoisotopic (exact) mass is 240 g/mol. The molecule has 2 unspecified atom stereocenters. The third-order valence-corrected chi connectivity index (χ3v) is 4.46. The van der Waals surface area contributed by atoms with Crippen LogP contribution in [0.4, 0.5) is 0 Å². The average Bonchev–Trinajstić information content (AvgIpc) is 2.75. The van der Waals surface area contributed by atoms with E-state index in [4.69, 9.17) is 5.73 Å². The lowest BCUT2D eigenvalue weighted by molar-refractivity contribution is 0.0623. The number of nitrogens with zero attached hydrogens (tertiary/aromatic N) is 1. The minimum Gasteiger partial charge on any atom is -0.329 e. The second-order valence-corrected chi connectivity index (χ2v) is 6.78. The zero-order chi connectivity index (χ0) is 13.1. The first-order chi connectivity index (χ1) is 7.90. The van der Waals surface area contributed by atoms with Crippen LogP contribution in [0.1, 0.15) is 60.3 Å². The first-order valence-corrected chi connectivity index (χ1v) is 7.37. The van der Waals surface area contributed by atoms with Gasteiger partial charge in [-0.3, -0.25) is 4.90 Å². The van der Waals surface area contributed by atoms with Gasteiger partial charge in [-0.25, -0.2) is 0 Å². The zero-order valence-electron chi connectivity index (χ0n) is 12.5. The zero-order valence-corrected chi connectivity index (χ0v) is 12.5. The van der Waals surface area contributed by atoms with Crippen LogP contribution in [0.15, 0.2) is 0 Å². The molecule has 1 aliphatic heterocycles. The lowest BCUT2D eigenvalue weighted by atomic mass is 9.88. The summed E-state index contributed by atoms with van der Waals surface area (Å²) in [7, 11) is 0. The summed E-state index contributed by atoms with van der Waals surface area (Å²) in [5.74, 6) is 1.53. The van der Waals surface area contributed by atoms with Crippen molar-refractivity contribution in [3.8, 4) is 0 Å². The van der Waals surface area contributed by atoms with Gasteiger partial charge in [-0.05, 0) is 51.0 Å². The first kappa shape index (κ1) is 15.0. The number of likely N-dealkylation sites (tertiary alicyclic amines) is 1. The standard InChI is InChI=1S/C15H32N2/c1-12(2)8-9-15(5,11-16)17-10-6-7-14(17)13(3)4/h12-14H,6-11,16H2,1-5H3. The molecule has 1 fully saturated rings. The largest absolute Gasteiger partial charge is 0.329 e. The van der Waals surface area contributed by atoms with Crippen molar-refractivity contribution in [1.29, 1.82) is 0 Å². The predicted molar refractivity (Wildman–Crippen MR) is 76.1 cm³/mol. The van der Waals surface area contributed by atoms with Crippen molar-refractivity contribution in [3.63, 3.8) is 0 Å². The Kier molecular flexibility index (Phi) is 5.46. The fraction of sp³-hybridized carbons (Fsp3) is 1.00. The highest BCUT2D eigenvalue weighted by molar-refractivity contribution is 4.95. The van der Waals surface area contributed by atoms with Gasteiger partial charge in [0.2, 0.25) is 0 Å². The SMILES string of the molecule is CC(C)CCC(C)(CN)N1CCCC1C(C)C. The molecule has 2 nitrogen and oxygen atoms in total. The summed E-state index contributed by atoms with van der Waals surface area (Å²) in [6, 6.07) is 0.746. The maximum absolute atomic E-state index is 6.09. The van der Waals surface area contributed by atoms with E-state index < -0.39 is 0 Å². The van der Waals surface area contributed by atoms with Gasteiger partial charge < -0.3 is 5.73 Å². The van der Waals surface area contributed by atoms with Crippen LogP contribution < -0.4 is 5.73 Å². The van der Waals surface area contributed by atoms with Gasteiger partial charge in [0.15, 0.2) is 0 Å². The molecule has 0 aromatic heterocycles. The summed E-state index contributed by atoms with van der Waals surface area (Å²) in [4.78, 5) is 2.71. The van der Waals surface area contributed by atoms with Crippen molar-refractivity contribution in [2.24, 2.45) is 17.6 Å². The number of nitrogens with two attached hydrogens (primary N) is 1. The van der Waals surface area contributed by atoms with E-state index in [-0.39, 0.29) is 5.54 Å². The van der Waals surface area contributed by atoms with Gasteiger partial charge in [0.05, 0.1) is 0 Å². The maximum Gasteiger partial charge on any atom is 0.0306 e. The molecule has 102 valence electrons. The molecule has 0 saturated carbocycles. The molecule has 0 bridgehead atoms. The van der Waals surface area contributed by atoms with Crippen molar-refractivity contribution in [2.75, 3.05) is 13.1 Å². The molecule has 0 radical (unpaired) electrons. The fourth-order valence-electron chi connectivity index (χ4n) is 3.12. The lowest BCUT2D eigenvalue weighted by Crippen LogP contribution is -2.54. The van der Waals surface area contributed by atoms with Gasteiger partial charge in [-0.15, -0.1) is 0 Å². The van der Waals surface area contributed by atoms with E-state index in [1.54, 1.807) is 0 Å². The summed E-state index contributed by atoms with van der Waals surface area (Å²) in [6.45, 7) is 13.7. The third kappa shape index (κ3) is 3.69. The molecule has 2 heteroatoms. The first-order valence-electron chi connectivity index (χ1n) is 7.37. The maximum atomic E-state index is 6.09. The van der Waals surface area contributed by atoms with E-state index in [0.29, 0.717) is 0 Å². The normalized spacial score (nSPS) is 25.8. The van der Waals surface area contributed by atoms with Crippen molar-refractivity contribution in [1.82, 2.24) is 4.90 Å². The number of rotatable bonds is 6. The molecule has 1 rings (SSSR count). The van der Waals surface area contributed by atoms with Gasteiger partial charge in [0, 0.05) is 18.1 Å². The van der Waals surface area contributed by atoms with Gasteiger partial charge >= 0.3 is 0 Å². The summed E-state index contributed by atoms with van der Waals surface area (Å²) >= 11 is 0. The van der Waals surface area contributed by atoms with Gasteiger partial charge in [-0.1, -0.05) is 27.7 Å². The summed E-state index contributed by atoms with van der Waals surface area (Å²) in [5.41, 5.74) is 6.31. The van der Waals surface area contributed by atoms with Crippen molar-refractivity contribution in [2.45, 2.75) is 71.9 Å². The third-order valence-electron chi connectivity index (χ3n) is 4.46. The van der Waals surface area contributed by atoms with Gasteiger partial charge in [-0.2, -0.15) is 0 Å². The lowest BCUT2D eigenvalue weighted by Gasteiger charge is -2.43. The molecule has 1 saturated heterocycles. The van der Waals surface area contributed by atoms with Gasteiger partial charge in [0.25, 0.3) is 0 Å². The molecule has 0 aromatic carbocycles. The molecule has 2 N–H and O–H groups in total. The minimum atomic E-state index is 0.218. The Morgan fingerprint density at radius 2 is 1.94 bits per heavy atom. The van der Waals surface area contributed by atoms with E-state index >= 15 is 0 Å². The Labute approximate surface area is 108 Å². The van der Waals surface area contributed by atoms with E-state index in [1.165, 1.54) is 32.2 Å². The van der Waals surface area contributed by atoms with Crippen LogP contribution in [-0.4, -0.2) is 29.6 Å². The molecular formula is C15H32N2. The van der Waals surface area contributed by atoms with Gasteiger partial charge in [0.1, 0.15) is 0 Å². The Balaban J connectivity index is 2.70. The Bertz CT molecular complexity index is 225. The molecule has 1 aliphatic rings. The average molecular weight is 240 g/mol. The predicted octanol–water partition coefficient (Wildman–Crippen LogP) is 3.26. The van der Waals surface area contributed by atoms with Crippen LogP contribution in [0, 0.1) is 11.8 Å². The Hall–Kier alpha value is -0.0800. The highest BCUT2D eigenvalue weighted by Crippen LogP contribution is 2.33. The second kappa shape index (κ2) is 6.19. The van der Waals surface area contributed by atoms with Crippen LogP contribution in [0.25, 0.3) is 0 Å². The summed E-state index contributed by atoms with van der Waals surface area (Å²) in [5, 5.41) is 0. The van der Waals surface area contributed by atoms with Crippen LogP contribution in [0.3, 0.4) is 0 Å². The molecule has 0 aromatic rings. The second-order valence-electron chi connectivity index (χ2n) is 6.78. The minimum absolute atomic E-state index is 0.218. The molecule has 17 heavy (non-hydrogen) atoms.